The standard InChI is InChI=1S/C25H33N3O3/c1-5-28(23-10-8-7-9-22(23)25(30)31-6-2)24(29)20-11-13-21(14-12-20)27-17-15-26(16-18-27)19(3)4/h7-14,19H,5-6,15-18H2,1-4H3. The number of nitrogens with zero attached hydrogens (tertiary/aromatic N) is 3. The summed E-state index contributed by atoms with van der Waals surface area (Å²) in [5.41, 5.74) is 2.71. The lowest BCUT2D eigenvalue weighted by atomic mass is 10.1. The van der Waals surface area contributed by atoms with Crippen LogP contribution in [0.2, 0.25) is 0 Å². The van der Waals surface area contributed by atoms with Gasteiger partial charge in [-0.15, -0.1) is 0 Å². The van der Waals surface area contributed by atoms with E-state index in [1.165, 1.54) is 0 Å². The SMILES string of the molecule is CCOC(=O)c1ccccc1N(CC)C(=O)c1ccc(N2CCN(C(C)C)CC2)cc1. The molecule has 0 N–H and O–H groups in total. The minimum atomic E-state index is -0.416. The molecule has 6 nitrogen and oxygen atoms in total. The smallest absolute Gasteiger partial charge is 0.340 e. The number of anilines is 2. The summed E-state index contributed by atoms with van der Waals surface area (Å²) in [4.78, 5) is 32.1. The van der Waals surface area contributed by atoms with Gasteiger partial charge < -0.3 is 14.5 Å². The van der Waals surface area contributed by atoms with Gasteiger partial charge >= 0.3 is 5.97 Å². The molecule has 0 radical (unpaired) electrons. The van der Waals surface area contributed by atoms with Gasteiger partial charge in [0.05, 0.1) is 17.9 Å². The fourth-order valence-corrected chi connectivity index (χ4v) is 3.98. The van der Waals surface area contributed by atoms with Crippen molar-refractivity contribution in [2.45, 2.75) is 33.7 Å². The molecule has 1 saturated heterocycles. The van der Waals surface area contributed by atoms with Crippen LogP contribution in [0.25, 0.3) is 0 Å². The third-order valence-electron chi connectivity index (χ3n) is 5.78. The minimum Gasteiger partial charge on any atom is -0.462 e. The van der Waals surface area contributed by atoms with Crippen LogP contribution in [-0.4, -0.2) is 62.1 Å². The second-order valence-electron chi connectivity index (χ2n) is 7.95. The molecule has 1 amide bonds. The number of hydrogen-bond acceptors (Lipinski definition) is 5. The molecule has 2 aromatic rings. The number of amides is 1. The molecule has 1 aliphatic rings. The van der Waals surface area contributed by atoms with E-state index >= 15 is 0 Å². The van der Waals surface area contributed by atoms with Gasteiger partial charge in [-0.05, 0) is 64.1 Å². The average Bonchev–Trinajstić information content (AvgIpc) is 2.80. The summed E-state index contributed by atoms with van der Waals surface area (Å²) in [6.45, 7) is 13.0. The molecule has 0 atom stereocenters. The molecule has 1 aliphatic heterocycles. The fourth-order valence-electron chi connectivity index (χ4n) is 3.98. The fraction of sp³-hybridized carbons (Fsp3) is 0.440. The highest BCUT2D eigenvalue weighted by Gasteiger charge is 2.23. The molecule has 0 unspecified atom stereocenters. The number of ether oxygens (including phenoxy) is 1. The van der Waals surface area contributed by atoms with Crippen molar-refractivity contribution in [2.24, 2.45) is 0 Å². The number of piperazine rings is 1. The number of benzene rings is 2. The highest BCUT2D eigenvalue weighted by Crippen LogP contribution is 2.25. The molecule has 3 rings (SSSR count). The first-order valence-electron chi connectivity index (χ1n) is 11.1. The number of hydrogen-bond donors (Lipinski definition) is 0. The Kier molecular flexibility index (Phi) is 7.69. The molecule has 1 heterocycles. The van der Waals surface area contributed by atoms with Gasteiger partial charge in [0.2, 0.25) is 0 Å². The van der Waals surface area contributed by atoms with Gasteiger partial charge in [0.15, 0.2) is 0 Å². The molecule has 166 valence electrons. The molecule has 0 bridgehead atoms. The summed E-state index contributed by atoms with van der Waals surface area (Å²) in [6, 6.07) is 15.5. The highest BCUT2D eigenvalue weighted by molar-refractivity contribution is 6.09. The van der Waals surface area contributed by atoms with Crippen LogP contribution >= 0.6 is 0 Å². The Hall–Kier alpha value is -2.86. The minimum absolute atomic E-state index is 0.129. The first-order chi connectivity index (χ1) is 15.0. The Labute approximate surface area is 185 Å². The van der Waals surface area contributed by atoms with E-state index in [4.69, 9.17) is 4.74 Å². The van der Waals surface area contributed by atoms with E-state index in [-0.39, 0.29) is 5.91 Å². The zero-order chi connectivity index (χ0) is 22.4. The molecule has 6 heteroatoms. The predicted molar refractivity (Wildman–Crippen MR) is 125 cm³/mol. The van der Waals surface area contributed by atoms with Crippen LogP contribution in [0.15, 0.2) is 48.5 Å². The average molecular weight is 424 g/mol. The molecule has 2 aromatic carbocycles. The van der Waals surface area contributed by atoms with E-state index in [1.807, 2.05) is 37.3 Å². The van der Waals surface area contributed by atoms with Crippen LogP contribution in [0.5, 0.6) is 0 Å². The summed E-state index contributed by atoms with van der Waals surface area (Å²) < 4.78 is 5.17. The maximum absolute atomic E-state index is 13.3. The monoisotopic (exact) mass is 423 g/mol. The van der Waals surface area contributed by atoms with Crippen LogP contribution < -0.4 is 9.80 Å². The van der Waals surface area contributed by atoms with Crippen LogP contribution in [-0.2, 0) is 4.74 Å². The number of esters is 1. The topological polar surface area (TPSA) is 53.1 Å². The Bertz CT molecular complexity index is 887. The lowest BCUT2D eigenvalue weighted by molar-refractivity contribution is 0.0527. The van der Waals surface area contributed by atoms with Crippen LogP contribution in [0.3, 0.4) is 0 Å². The van der Waals surface area contributed by atoms with E-state index in [0.717, 1.165) is 31.9 Å². The van der Waals surface area contributed by atoms with Gasteiger partial charge in [-0.25, -0.2) is 4.79 Å². The van der Waals surface area contributed by atoms with Crippen molar-refractivity contribution in [1.82, 2.24) is 4.90 Å². The zero-order valence-corrected chi connectivity index (χ0v) is 19.0. The van der Waals surface area contributed by atoms with Gasteiger partial charge in [0.25, 0.3) is 5.91 Å². The zero-order valence-electron chi connectivity index (χ0n) is 19.0. The third kappa shape index (κ3) is 5.25. The lowest BCUT2D eigenvalue weighted by Gasteiger charge is -2.38. The molecule has 0 aromatic heterocycles. The predicted octanol–water partition coefficient (Wildman–Crippen LogP) is 4.06. The van der Waals surface area contributed by atoms with Crippen LogP contribution in [0.1, 0.15) is 48.4 Å². The second-order valence-corrected chi connectivity index (χ2v) is 7.95. The Morgan fingerprint density at radius 1 is 0.968 bits per heavy atom. The summed E-state index contributed by atoms with van der Waals surface area (Å²) in [5, 5.41) is 0. The van der Waals surface area contributed by atoms with Gasteiger partial charge in [-0.1, -0.05) is 12.1 Å². The van der Waals surface area contributed by atoms with Gasteiger partial charge in [0, 0.05) is 50.0 Å². The molecular formula is C25H33N3O3. The summed E-state index contributed by atoms with van der Waals surface area (Å²) in [6.07, 6.45) is 0. The van der Waals surface area contributed by atoms with Crippen molar-refractivity contribution in [2.75, 3.05) is 49.1 Å². The Balaban J connectivity index is 1.76. The van der Waals surface area contributed by atoms with Crippen molar-refractivity contribution in [1.29, 1.82) is 0 Å². The highest BCUT2D eigenvalue weighted by atomic mass is 16.5. The Morgan fingerprint density at radius 2 is 1.61 bits per heavy atom. The Morgan fingerprint density at radius 3 is 2.19 bits per heavy atom. The van der Waals surface area contributed by atoms with Gasteiger partial charge in [0.1, 0.15) is 0 Å². The van der Waals surface area contributed by atoms with Crippen molar-refractivity contribution in [3.63, 3.8) is 0 Å². The molecule has 0 spiro atoms. The number of para-hydroxylation sites is 1. The van der Waals surface area contributed by atoms with Crippen LogP contribution in [0, 0.1) is 0 Å². The van der Waals surface area contributed by atoms with Crippen LogP contribution in [0.4, 0.5) is 11.4 Å². The quantitative estimate of drug-likeness (QED) is 0.629. The first-order valence-corrected chi connectivity index (χ1v) is 11.1. The molecule has 1 fully saturated rings. The van der Waals surface area contributed by atoms with Gasteiger partial charge in [-0.3, -0.25) is 9.69 Å². The number of carbonyl (C=O) groups excluding carboxylic acids is 2. The van der Waals surface area contributed by atoms with E-state index in [2.05, 4.69) is 23.6 Å². The number of rotatable bonds is 7. The summed E-state index contributed by atoms with van der Waals surface area (Å²) in [7, 11) is 0. The van der Waals surface area contributed by atoms with E-state index < -0.39 is 5.97 Å². The largest absolute Gasteiger partial charge is 0.462 e. The second kappa shape index (κ2) is 10.4. The molecule has 0 saturated carbocycles. The van der Waals surface area contributed by atoms with Crippen molar-refractivity contribution in [3.05, 3.63) is 59.7 Å². The molecule has 0 aliphatic carbocycles. The normalized spacial score (nSPS) is 14.5. The summed E-state index contributed by atoms with van der Waals surface area (Å²) >= 11 is 0. The molecular weight excluding hydrogens is 390 g/mol. The van der Waals surface area contributed by atoms with Crippen molar-refractivity contribution < 1.29 is 14.3 Å². The van der Waals surface area contributed by atoms with Crippen molar-refractivity contribution >= 4 is 23.3 Å². The summed E-state index contributed by atoms with van der Waals surface area (Å²) in [5.74, 6) is -0.546. The molecule has 31 heavy (non-hydrogen) atoms. The van der Waals surface area contributed by atoms with E-state index in [0.29, 0.717) is 36.0 Å². The van der Waals surface area contributed by atoms with E-state index in [9.17, 15) is 9.59 Å². The number of carbonyl (C=O) groups is 2. The van der Waals surface area contributed by atoms with Gasteiger partial charge in [-0.2, -0.15) is 0 Å². The first kappa shape index (κ1) is 22.8. The third-order valence-corrected chi connectivity index (χ3v) is 5.78. The lowest BCUT2D eigenvalue weighted by Crippen LogP contribution is -2.48. The maximum atomic E-state index is 13.3. The van der Waals surface area contributed by atoms with Crippen molar-refractivity contribution in [3.8, 4) is 0 Å². The maximum Gasteiger partial charge on any atom is 0.340 e. The van der Waals surface area contributed by atoms with E-state index in [1.54, 1.807) is 30.0 Å².